The molecule has 2 atom stereocenters. The van der Waals surface area contributed by atoms with Crippen molar-refractivity contribution in [3.05, 3.63) is 59.7 Å². The highest BCUT2D eigenvalue weighted by Crippen LogP contribution is 2.37. The van der Waals surface area contributed by atoms with E-state index in [0.29, 0.717) is 18.0 Å². The van der Waals surface area contributed by atoms with Gasteiger partial charge in [0.2, 0.25) is 12.7 Å². The number of amides is 1. The number of aliphatic carboxylic acids is 1. The minimum absolute atomic E-state index is 0.00250. The van der Waals surface area contributed by atoms with Gasteiger partial charge in [-0.1, -0.05) is 36.4 Å². The van der Waals surface area contributed by atoms with Crippen LogP contribution in [0.3, 0.4) is 0 Å². The number of carboxylic acids is 1. The summed E-state index contributed by atoms with van der Waals surface area (Å²) in [6.45, 7) is 0.464. The first-order valence-corrected chi connectivity index (χ1v) is 9.60. The number of hydrogen-bond acceptors (Lipinski definition) is 5. The van der Waals surface area contributed by atoms with E-state index in [0.717, 1.165) is 11.1 Å². The van der Waals surface area contributed by atoms with Crippen molar-refractivity contribution in [3.8, 4) is 11.5 Å². The Morgan fingerprint density at radius 3 is 2.55 bits per heavy atom. The normalized spacial score (nSPS) is 23.1. The Bertz CT molecular complexity index is 915. The van der Waals surface area contributed by atoms with Crippen molar-refractivity contribution in [3.63, 3.8) is 0 Å². The summed E-state index contributed by atoms with van der Waals surface area (Å²) in [4.78, 5) is 26.4. The van der Waals surface area contributed by atoms with Crippen LogP contribution in [-0.4, -0.2) is 53.0 Å². The second-order valence-electron chi connectivity index (χ2n) is 7.59. The van der Waals surface area contributed by atoms with E-state index in [1.54, 1.807) is 17.0 Å². The number of aliphatic hydroxyl groups is 1. The van der Waals surface area contributed by atoms with Crippen LogP contribution in [0.5, 0.6) is 11.5 Å². The zero-order chi connectivity index (χ0) is 20.4. The van der Waals surface area contributed by atoms with Gasteiger partial charge >= 0.3 is 5.97 Å². The first-order valence-electron chi connectivity index (χ1n) is 9.60. The molecule has 0 spiro atoms. The fourth-order valence-corrected chi connectivity index (χ4v) is 4.03. The van der Waals surface area contributed by atoms with Gasteiger partial charge in [0.1, 0.15) is 5.41 Å². The van der Waals surface area contributed by atoms with Crippen LogP contribution in [0.4, 0.5) is 0 Å². The average molecular weight is 397 g/mol. The Morgan fingerprint density at radius 1 is 1.07 bits per heavy atom. The topological polar surface area (TPSA) is 96.3 Å². The largest absolute Gasteiger partial charge is 0.481 e. The van der Waals surface area contributed by atoms with Gasteiger partial charge in [-0.3, -0.25) is 9.59 Å². The number of likely N-dealkylation sites (tertiary alicyclic amines) is 1. The molecule has 2 aromatic carbocycles. The van der Waals surface area contributed by atoms with Gasteiger partial charge in [-0.15, -0.1) is 0 Å². The molecule has 0 aliphatic carbocycles. The molecular weight excluding hydrogens is 374 g/mol. The molecule has 29 heavy (non-hydrogen) atoms. The SMILES string of the molecule is O=C(Cc1ccc2c(c1)OCO2)N1CC[C@](Cc2ccccc2)(C(=O)O)[C@H](O)C1. The smallest absolute Gasteiger partial charge is 0.312 e. The third kappa shape index (κ3) is 3.78. The number of carboxylic acid groups (broad SMARTS) is 1. The summed E-state index contributed by atoms with van der Waals surface area (Å²) in [7, 11) is 0. The molecular formula is C22H23NO6. The molecule has 2 heterocycles. The average Bonchev–Trinajstić information content (AvgIpc) is 3.18. The minimum atomic E-state index is -1.29. The number of carbonyl (C=O) groups is 2. The molecule has 0 unspecified atom stereocenters. The van der Waals surface area contributed by atoms with Gasteiger partial charge < -0.3 is 24.6 Å². The number of rotatable bonds is 5. The van der Waals surface area contributed by atoms with Gasteiger partial charge in [0.15, 0.2) is 11.5 Å². The molecule has 0 radical (unpaired) electrons. The van der Waals surface area contributed by atoms with Gasteiger partial charge in [0.25, 0.3) is 0 Å². The maximum atomic E-state index is 12.7. The second kappa shape index (κ2) is 7.75. The third-order valence-corrected chi connectivity index (χ3v) is 5.79. The lowest BCUT2D eigenvalue weighted by Crippen LogP contribution is -2.57. The van der Waals surface area contributed by atoms with Crippen LogP contribution in [0, 0.1) is 5.41 Å². The number of piperidine rings is 1. The predicted molar refractivity (Wildman–Crippen MR) is 104 cm³/mol. The standard InChI is InChI=1S/C22H23NO6/c24-19-13-23(20(25)11-16-6-7-17-18(10-16)29-14-28-17)9-8-22(19,21(26)27)12-15-4-2-1-3-5-15/h1-7,10,19,24H,8-9,11-14H2,(H,26,27)/t19-,22-/m1/s1. The molecule has 0 bridgehead atoms. The maximum absolute atomic E-state index is 12.7. The number of ether oxygens (including phenoxy) is 2. The van der Waals surface area contributed by atoms with Gasteiger partial charge in [-0.25, -0.2) is 0 Å². The Hall–Kier alpha value is -3.06. The number of β-amino-alcohol motifs (C(OH)–C–C–N with tert-alkyl or cyclic N) is 1. The van der Waals surface area contributed by atoms with Crippen molar-refractivity contribution < 1.29 is 29.3 Å². The van der Waals surface area contributed by atoms with E-state index in [4.69, 9.17) is 9.47 Å². The molecule has 2 aliphatic rings. The van der Waals surface area contributed by atoms with Crippen LogP contribution in [0.2, 0.25) is 0 Å². The van der Waals surface area contributed by atoms with Crippen molar-refractivity contribution in [2.24, 2.45) is 5.41 Å². The fourth-order valence-electron chi connectivity index (χ4n) is 4.03. The van der Waals surface area contributed by atoms with Crippen LogP contribution < -0.4 is 9.47 Å². The Labute approximate surface area is 168 Å². The Morgan fingerprint density at radius 2 is 1.83 bits per heavy atom. The molecule has 1 fully saturated rings. The quantitative estimate of drug-likeness (QED) is 0.800. The lowest BCUT2D eigenvalue weighted by molar-refractivity contribution is -0.165. The highest BCUT2D eigenvalue weighted by Gasteiger charge is 2.49. The van der Waals surface area contributed by atoms with Gasteiger partial charge in [0, 0.05) is 13.1 Å². The molecule has 2 aromatic rings. The third-order valence-electron chi connectivity index (χ3n) is 5.79. The van der Waals surface area contributed by atoms with Crippen molar-refractivity contribution in [1.29, 1.82) is 0 Å². The molecule has 2 N–H and O–H groups in total. The summed E-state index contributed by atoms with van der Waals surface area (Å²) < 4.78 is 10.6. The number of fused-ring (bicyclic) bond motifs is 1. The summed E-state index contributed by atoms with van der Waals surface area (Å²) in [6.07, 6.45) is -0.559. The Kier molecular flexibility index (Phi) is 5.15. The van der Waals surface area contributed by atoms with E-state index in [2.05, 4.69) is 0 Å². The van der Waals surface area contributed by atoms with Crippen molar-refractivity contribution in [2.45, 2.75) is 25.4 Å². The number of aliphatic hydroxyl groups excluding tert-OH is 1. The van der Waals surface area contributed by atoms with E-state index < -0.39 is 17.5 Å². The number of hydrogen-bond donors (Lipinski definition) is 2. The van der Waals surface area contributed by atoms with E-state index in [1.807, 2.05) is 36.4 Å². The molecule has 152 valence electrons. The first-order chi connectivity index (χ1) is 14.0. The molecule has 2 aliphatic heterocycles. The van der Waals surface area contributed by atoms with Gasteiger partial charge in [-0.2, -0.15) is 0 Å². The van der Waals surface area contributed by atoms with Crippen LogP contribution in [-0.2, 0) is 22.4 Å². The molecule has 7 heteroatoms. The van der Waals surface area contributed by atoms with E-state index >= 15 is 0 Å². The van der Waals surface area contributed by atoms with E-state index in [-0.39, 0.29) is 38.5 Å². The van der Waals surface area contributed by atoms with Crippen LogP contribution in [0.25, 0.3) is 0 Å². The molecule has 4 rings (SSSR count). The number of benzene rings is 2. The number of carbonyl (C=O) groups excluding carboxylic acids is 1. The molecule has 7 nitrogen and oxygen atoms in total. The minimum Gasteiger partial charge on any atom is -0.481 e. The van der Waals surface area contributed by atoms with Crippen LogP contribution in [0.15, 0.2) is 48.5 Å². The Balaban J connectivity index is 1.44. The summed E-state index contributed by atoms with van der Waals surface area (Å²) in [5.74, 6) is 0.0850. The second-order valence-corrected chi connectivity index (χ2v) is 7.59. The van der Waals surface area contributed by atoms with Crippen molar-refractivity contribution >= 4 is 11.9 Å². The molecule has 1 saturated heterocycles. The monoisotopic (exact) mass is 397 g/mol. The summed E-state index contributed by atoms with van der Waals surface area (Å²) >= 11 is 0. The van der Waals surface area contributed by atoms with E-state index in [9.17, 15) is 19.8 Å². The van der Waals surface area contributed by atoms with E-state index in [1.165, 1.54) is 0 Å². The lowest BCUT2D eigenvalue weighted by Gasteiger charge is -2.43. The zero-order valence-corrected chi connectivity index (χ0v) is 15.9. The van der Waals surface area contributed by atoms with Gasteiger partial charge in [0.05, 0.1) is 12.5 Å². The molecule has 1 amide bonds. The highest BCUT2D eigenvalue weighted by molar-refractivity contribution is 5.81. The first kappa shape index (κ1) is 19.3. The number of nitrogens with zero attached hydrogens (tertiary/aromatic N) is 1. The summed E-state index contributed by atoms with van der Waals surface area (Å²) in [5, 5.41) is 20.6. The predicted octanol–water partition coefficient (Wildman–Crippen LogP) is 1.86. The molecule has 0 aromatic heterocycles. The van der Waals surface area contributed by atoms with Crippen LogP contribution in [0.1, 0.15) is 17.5 Å². The summed E-state index contributed by atoms with van der Waals surface area (Å²) in [5.41, 5.74) is 0.346. The summed E-state index contributed by atoms with van der Waals surface area (Å²) in [6, 6.07) is 14.6. The fraction of sp³-hybridized carbons (Fsp3) is 0.364. The van der Waals surface area contributed by atoms with Crippen molar-refractivity contribution in [2.75, 3.05) is 19.9 Å². The molecule has 0 saturated carbocycles. The van der Waals surface area contributed by atoms with Crippen LogP contribution >= 0.6 is 0 Å². The van der Waals surface area contributed by atoms with Crippen molar-refractivity contribution in [1.82, 2.24) is 4.90 Å². The van der Waals surface area contributed by atoms with Gasteiger partial charge in [-0.05, 0) is 36.1 Å². The highest BCUT2D eigenvalue weighted by atomic mass is 16.7. The lowest BCUT2D eigenvalue weighted by atomic mass is 9.71. The maximum Gasteiger partial charge on any atom is 0.312 e. The zero-order valence-electron chi connectivity index (χ0n) is 15.9.